The molecule has 0 heterocycles. The number of ether oxygens (including phenoxy) is 1. The molecule has 7 heteroatoms. The van der Waals surface area contributed by atoms with E-state index >= 15 is 0 Å². The van der Waals surface area contributed by atoms with Crippen LogP contribution in [-0.2, 0) is 9.53 Å². The second-order valence-electron chi connectivity index (χ2n) is 3.58. The predicted molar refractivity (Wildman–Crippen MR) is 63.0 cm³/mol. The van der Waals surface area contributed by atoms with Crippen molar-refractivity contribution in [1.29, 1.82) is 5.41 Å². The summed E-state index contributed by atoms with van der Waals surface area (Å²) >= 11 is 0. The van der Waals surface area contributed by atoms with Gasteiger partial charge < -0.3 is 21.3 Å². The Morgan fingerprint density at radius 1 is 1.39 bits per heavy atom. The maximum absolute atomic E-state index is 11.2. The van der Waals surface area contributed by atoms with Gasteiger partial charge in [-0.1, -0.05) is 6.07 Å². The first-order valence-corrected chi connectivity index (χ1v) is 4.96. The molecule has 0 saturated heterocycles. The van der Waals surface area contributed by atoms with Crippen LogP contribution in [0.3, 0.4) is 0 Å². The van der Waals surface area contributed by atoms with E-state index in [4.69, 9.17) is 21.6 Å². The summed E-state index contributed by atoms with van der Waals surface area (Å²) in [6.45, 7) is 1.15. The van der Waals surface area contributed by atoms with Crippen LogP contribution in [0.25, 0.3) is 0 Å². The van der Waals surface area contributed by atoms with Crippen LogP contribution in [0.1, 0.15) is 28.9 Å². The van der Waals surface area contributed by atoms with Gasteiger partial charge in [0.05, 0.1) is 5.56 Å². The summed E-state index contributed by atoms with van der Waals surface area (Å²) in [5.41, 5.74) is 10.6. The number of amides is 1. The van der Waals surface area contributed by atoms with Gasteiger partial charge in [0.2, 0.25) is 5.91 Å². The summed E-state index contributed by atoms with van der Waals surface area (Å²) < 4.78 is 4.85. The number of nitrogens with one attached hydrogen (secondary N) is 1. The lowest BCUT2D eigenvalue weighted by atomic mass is 10.0. The minimum Gasteiger partial charge on any atom is -0.508 e. The molecule has 1 unspecified atom stereocenters. The van der Waals surface area contributed by atoms with Crippen LogP contribution < -0.4 is 11.5 Å². The number of rotatable bonds is 4. The molecule has 0 aliphatic rings. The Hall–Kier alpha value is -2.57. The fraction of sp³-hybridized carbons (Fsp3) is 0.182. The molecule has 1 aromatic carbocycles. The molecular formula is C11H13N3O4. The number of hydrogen-bond acceptors (Lipinski definition) is 5. The molecule has 96 valence electrons. The number of nitrogens with two attached hydrogens (primary N) is 2. The monoisotopic (exact) mass is 251 g/mol. The predicted octanol–water partition coefficient (Wildman–Crippen LogP) is 0.0313. The average molecular weight is 251 g/mol. The molecule has 0 spiro atoms. The van der Waals surface area contributed by atoms with Crippen molar-refractivity contribution in [2.75, 3.05) is 0 Å². The third-order valence-electron chi connectivity index (χ3n) is 2.15. The molecular weight excluding hydrogens is 238 g/mol. The molecule has 0 aliphatic carbocycles. The van der Waals surface area contributed by atoms with Crippen LogP contribution in [0, 0.1) is 5.41 Å². The topological polar surface area (TPSA) is 139 Å². The number of carbonyl (C=O) groups is 2. The van der Waals surface area contributed by atoms with Crippen LogP contribution >= 0.6 is 0 Å². The zero-order chi connectivity index (χ0) is 13.9. The van der Waals surface area contributed by atoms with Crippen molar-refractivity contribution in [3.05, 3.63) is 29.3 Å². The number of primary amides is 1. The minimum atomic E-state index is -1.20. The van der Waals surface area contributed by atoms with Gasteiger partial charge in [0.25, 0.3) is 0 Å². The second kappa shape index (κ2) is 5.17. The van der Waals surface area contributed by atoms with Crippen molar-refractivity contribution in [2.24, 2.45) is 11.5 Å². The number of benzene rings is 1. The Kier molecular flexibility index (Phi) is 3.88. The summed E-state index contributed by atoms with van der Waals surface area (Å²) in [4.78, 5) is 22.2. The quantitative estimate of drug-likeness (QED) is 0.339. The number of esters is 1. The zero-order valence-electron chi connectivity index (χ0n) is 9.64. The van der Waals surface area contributed by atoms with E-state index in [0.29, 0.717) is 0 Å². The lowest BCUT2D eigenvalue weighted by Gasteiger charge is -2.18. The first kappa shape index (κ1) is 13.5. The summed E-state index contributed by atoms with van der Waals surface area (Å²) in [6.07, 6.45) is -1.20. The molecule has 1 aromatic rings. The normalized spacial score (nSPS) is 11.6. The zero-order valence-corrected chi connectivity index (χ0v) is 9.64. The van der Waals surface area contributed by atoms with Crippen LogP contribution in [0.2, 0.25) is 0 Å². The largest absolute Gasteiger partial charge is 0.508 e. The molecule has 18 heavy (non-hydrogen) atoms. The van der Waals surface area contributed by atoms with E-state index in [9.17, 15) is 14.7 Å². The number of hydrogen-bond donors (Lipinski definition) is 4. The molecule has 0 fully saturated rings. The highest BCUT2D eigenvalue weighted by Crippen LogP contribution is 2.25. The van der Waals surface area contributed by atoms with Crippen molar-refractivity contribution >= 4 is 17.7 Å². The molecule has 0 aromatic heterocycles. The number of phenolic OH excluding ortho intramolecular Hbond substituents is 1. The van der Waals surface area contributed by atoms with Crippen molar-refractivity contribution < 1.29 is 19.4 Å². The molecule has 0 aliphatic heterocycles. The maximum atomic E-state index is 11.2. The molecule has 1 rings (SSSR count). The van der Waals surface area contributed by atoms with Crippen LogP contribution in [0.4, 0.5) is 0 Å². The average Bonchev–Trinajstić information content (AvgIpc) is 2.25. The summed E-state index contributed by atoms with van der Waals surface area (Å²) in [7, 11) is 0. The van der Waals surface area contributed by atoms with Crippen molar-refractivity contribution in [2.45, 2.75) is 13.0 Å². The number of carbonyl (C=O) groups excluding carboxylic acids is 2. The number of aromatic hydroxyl groups is 1. The smallest absolute Gasteiger partial charge is 0.303 e. The number of amidine groups is 1. The highest BCUT2D eigenvalue weighted by atomic mass is 16.5. The van der Waals surface area contributed by atoms with E-state index in [1.54, 1.807) is 0 Å². The fourth-order valence-corrected chi connectivity index (χ4v) is 1.45. The maximum Gasteiger partial charge on any atom is 0.303 e. The van der Waals surface area contributed by atoms with E-state index < -0.39 is 23.8 Å². The third-order valence-corrected chi connectivity index (χ3v) is 2.15. The Labute approximate surface area is 103 Å². The van der Waals surface area contributed by atoms with Gasteiger partial charge >= 0.3 is 5.97 Å². The van der Waals surface area contributed by atoms with Gasteiger partial charge in [0.15, 0.2) is 6.10 Å². The van der Waals surface area contributed by atoms with E-state index in [1.165, 1.54) is 12.1 Å². The molecule has 7 nitrogen and oxygen atoms in total. The highest BCUT2D eigenvalue weighted by molar-refractivity contribution is 5.97. The van der Waals surface area contributed by atoms with Gasteiger partial charge in [-0.2, -0.15) is 0 Å². The van der Waals surface area contributed by atoms with Crippen molar-refractivity contribution in [1.82, 2.24) is 0 Å². The van der Waals surface area contributed by atoms with Gasteiger partial charge in [0, 0.05) is 12.5 Å². The molecule has 0 bridgehead atoms. The van der Waals surface area contributed by atoms with E-state index in [1.807, 2.05) is 0 Å². The van der Waals surface area contributed by atoms with Gasteiger partial charge in [-0.25, -0.2) is 0 Å². The van der Waals surface area contributed by atoms with Gasteiger partial charge in [-0.05, 0) is 12.1 Å². The van der Waals surface area contributed by atoms with Gasteiger partial charge in [-0.3, -0.25) is 15.0 Å². The van der Waals surface area contributed by atoms with Crippen LogP contribution in [-0.4, -0.2) is 22.8 Å². The van der Waals surface area contributed by atoms with Gasteiger partial charge in [0.1, 0.15) is 11.6 Å². The molecule has 6 N–H and O–H groups in total. The summed E-state index contributed by atoms with van der Waals surface area (Å²) in [5.74, 6) is -2.09. The number of phenols is 1. The van der Waals surface area contributed by atoms with E-state index in [0.717, 1.165) is 13.0 Å². The summed E-state index contributed by atoms with van der Waals surface area (Å²) in [6, 6.07) is 3.72. The Balaban J connectivity index is 3.31. The van der Waals surface area contributed by atoms with E-state index in [-0.39, 0.29) is 16.9 Å². The highest BCUT2D eigenvalue weighted by Gasteiger charge is 2.23. The summed E-state index contributed by atoms with van der Waals surface area (Å²) in [5, 5.41) is 16.6. The molecule has 1 atom stereocenters. The van der Waals surface area contributed by atoms with Gasteiger partial charge in [-0.15, -0.1) is 0 Å². The van der Waals surface area contributed by atoms with Crippen molar-refractivity contribution in [3.63, 3.8) is 0 Å². The Morgan fingerprint density at radius 3 is 2.44 bits per heavy atom. The van der Waals surface area contributed by atoms with Crippen LogP contribution in [0.5, 0.6) is 5.75 Å². The minimum absolute atomic E-state index is 0.0588. The third kappa shape index (κ3) is 2.97. The molecule has 0 radical (unpaired) electrons. The second-order valence-corrected chi connectivity index (χ2v) is 3.58. The lowest BCUT2D eigenvalue weighted by Crippen LogP contribution is -2.27. The standard InChI is InChI=1S/C11H13N3O4/c1-5(15)18-9(10(12)13)7-3-2-6(16)4-8(7)11(14)17/h2-4,9,16H,1H3,(H3,12,13)(H2,14,17). The molecule has 0 saturated carbocycles. The lowest BCUT2D eigenvalue weighted by molar-refractivity contribution is -0.143. The SMILES string of the molecule is CC(=O)OC(C(=N)N)c1ccc(O)cc1C(N)=O. The first-order valence-electron chi connectivity index (χ1n) is 4.96. The fourth-order valence-electron chi connectivity index (χ4n) is 1.45. The van der Waals surface area contributed by atoms with E-state index in [2.05, 4.69) is 0 Å². The first-order chi connectivity index (χ1) is 8.32. The molecule has 1 amide bonds. The van der Waals surface area contributed by atoms with Crippen LogP contribution in [0.15, 0.2) is 18.2 Å². The van der Waals surface area contributed by atoms with Crippen molar-refractivity contribution in [3.8, 4) is 5.75 Å². The Morgan fingerprint density at radius 2 is 2.00 bits per heavy atom. The Bertz CT molecular complexity index is 513.